The summed E-state index contributed by atoms with van der Waals surface area (Å²) in [7, 11) is 1.46. The van der Waals surface area contributed by atoms with Crippen LogP contribution in [-0.4, -0.2) is 32.0 Å². The fourth-order valence-electron chi connectivity index (χ4n) is 3.66. The fraction of sp³-hybridized carbons (Fsp3) is 0.381. The Kier molecular flexibility index (Phi) is 6.36. The van der Waals surface area contributed by atoms with E-state index in [4.69, 9.17) is 14.7 Å². The van der Waals surface area contributed by atoms with Gasteiger partial charge in [-0.1, -0.05) is 12.1 Å². The van der Waals surface area contributed by atoms with Gasteiger partial charge in [-0.3, -0.25) is 5.32 Å². The number of ether oxygens (including phenoxy) is 2. The third kappa shape index (κ3) is 5.22. The molecule has 166 valence electrons. The summed E-state index contributed by atoms with van der Waals surface area (Å²) >= 11 is 0. The van der Waals surface area contributed by atoms with Crippen LogP contribution in [0.25, 0.3) is 0 Å². The molecular formula is C21H18F6N2O2. The number of halogens is 6. The van der Waals surface area contributed by atoms with Crippen molar-refractivity contribution in [2.75, 3.05) is 13.7 Å². The minimum Gasteiger partial charge on any atom is -0.497 e. The largest absolute Gasteiger partial charge is 0.497 e. The molecule has 0 aromatic heterocycles. The summed E-state index contributed by atoms with van der Waals surface area (Å²) in [5.74, 6) is -0.348. The number of hydrogen-bond donors (Lipinski definition) is 1. The van der Waals surface area contributed by atoms with Gasteiger partial charge in [-0.15, -0.1) is 0 Å². The Bertz CT molecular complexity index is 968. The number of methoxy groups -OCH3 is 1. The highest BCUT2D eigenvalue weighted by Crippen LogP contribution is 2.42. The number of nitrogens with one attached hydrogen (secondary N) is 1. The zero-order valence-electron chi connectivity index (χ0n) is 16.2. The van der Waals surface area contributed by atoms with E-state index < -0.39 is 41.5 Å². The number of nitriles is 1. The van der Waals surface area contributed by atoms with Crippen LogP contribution >= 0.6 is 0 Å². The Balaban J connectivity index is 1.83. The zero-order chi connectivity index (χ0) is 22.8. The standard InChI is InChI=1S/C21H18F6N2O2/c1-30-15-3-2-4-16(9-15)31-11-14-8-17(19(29-14)21(25,26)27)12-5-6-13(10-28)18(7-12)20(22,23)24/h2-7,9,14,17,19,29H,8,11H2,1H3. The van der Waals surface area contributed by atoms with Crippen molar-refractivity contribution in [1.29, 1.82) is 5.26 Å². The lowest BCUT2D eigenvalue weighted by Gasteiger charge is -2.23. The van der Waals surface area contributed by atoms with Crippen molar-refractivity contribution in [2.45, 2.75) is 36.8 Å². The van der Waals surface area contributed by atoms with Crippen molar-refractivity contribution in [3.63, 3.8) is 0 Å². The molecule has 1 aliphatic rings. The van der Waals surface area contributed by atoms with Crippen LogP contribution in [0.15, 0.2) is 42.5 Å². The Morgan fingerprint density at radius 3 is 2.39 bits per heavy atom. The first kappa shape index (κ1) is 22.7. The zero-order valence-corrected chi connectivity index (χ0v) is 16.2. The predicted molar refractivity (Wildman–Crippen MR) is 98.8 cm³/mol. The number of benzene rings is 2. The van der Waals surface area contributed by atoms with E-state index in [1.807, 2.05) is 0 Å². The van der Waals surface area contributed by atoms with Gasteiger partial charge >= 0.3 is 12.4 Å². The molecule has 31 heavy (non-hydrogen) atoms. The van der Waals surface area contributed by atoms with Crippen LogP contribution in [0.5, 0.6) is 11.5 Å². The molecule has 10 heteroatoms. The van der Waals surface area contributed by atoms with Crippen LogP contribution in [0.2, 0.25) is 0 Å². The van der Waals surface area contributed by atoms with Crippen LogP contribution < -0.4 is 14.8 Å². The average Bonchev–Trinajstić information content (AvgIpc) is 3.16. The van der Waals surface area contributed by atoms with Crippen LogP contribution in [-0.2, 0) is 6.18 Å². The number of nitrogens with zero attached hydrogens (tertiary/aromatic N) is 1. The van der Waals surface area contributed by atoms with Gasteiger partial charge in [0.1, 0.15) is 24.1 Å². The predicted octanol–water partition coefficient (Wildman–Crippen LogP) is 5.04. The normalized spacial score (nSPS) is 21.5. The lowest BCUT2D eigenvalue weighted by atomic mass is 9.88. The Morgan fingerprint density at radius 2 is 1.77 bits per heavy atom. The van der Waals surface area contributed by atoms with Crippen molar-refractivity contribution >= 4 is 0 Å². The van der Waals surface area contributed by atoms with Gasteiger partial charge in [0, 0.05) is 18.0 Å². The van der Waals surface area contributed by atoms with Crippen molar-refractivity contribution in [2.24, 2.45) is 0 Å². The maximum atomic E-state index is 13.6. The lowest BCUT2D eigenvalue weighted by Crippen LogP contribution is -2.44. The fourth-order valence-corrected chi connectivity index (χ4v) is 3.66. The molecule has 3 atom stereocenters. The molecule has 1 aliphatic heterocycles. The molecule has 0 aliphatic carbocycles. The monoisotopic (exact) mass is 444 g/mol. The maximum Gasteiger partial charge on any atom is 0.417 e. The summed E-state index contributed by atoms with van der Waals surface area (Å²) in [6.45, 7) is -0.112. The van der Waals surface area contributed by atoms with Gasteiger partial charge in [0.15, 0.2) is 0 Å². The van der Waals surface area contributed by atoms with Gasteiger partial charge in [-0.2, -0.15) is 31.6 Å². The Morgan fingerprint density at radius 1 is 1.06 bits per heavy atom. The maximum absolute atomic E-state index is 13.6. The number of hydrogen-bond acceptors (Lipinski definition) is 4. The van der Waals surface area contributed by atoms with Crippen LogP contribution in [0.3, 0.4) is 0 Å². The topological polar surface area (TPSA) is 54.3 Å². The van der Waals surface area contributed by atoms with E-state index in [-0.39, 0.29) is 18.6 Å². The first-order valence-corrected chi connectivity index (χ1v) is 9.23. The van der Waals surface area contributed by atoms with Gasteiger partial charge < -0.3 is 9.47 Å². The quantitative estimate of drug-likeness (QED) is 0.657. The summed E-state index contributed by atoms with van der Waals surface area (Å²) in [5.41, 5.74) is -2.02. The highest BCUT2D eigenvalue weighted by Gasteiger charge is 2.51. The molecular weight excluding hydrogens is 426 g/mol. The minimum absolute atomic E-state index is 0.0860. The van der Waals surface area contributed by atoms with Gasteiger partial charge in [-0.05, 0) is 36.2 Å². The number of alkyl halides is 6. The highest BCUT2D eigenvalue weighted by molar-refractivity contribution is 5.43. The summed E-state index contributed by atoms with van der Waals surface area (Å²) in [6.07, 6.45) is -9.62. The van der Waals surface area contributed by atoms with E-state index in [1.165, 1.54) is 13.2 Å². The smallest absolute Gasteiger partial charge is 0.417 e. The molecule has 3 unspecified atom stereocenters. The first-order chi connectivity index (χ1) is 14.5. The van der Waals surface area contributed by atoms with Crippen LogP contribution in [0.4, 0.5) is 26.3 Å². The van der Waals surface area contributed by atoms with E-state index in [0.717, 1.165) is 12.1 Å². The van der Waals surface area contributed by atoms with Crippen LogP contribution in [0, 0.1) is 11.3 Å². The summed E-state index contributed by atoms with van der Waals surface area (Å²) in [4.78, 5) is 0. The molecule has 1 heterocycles. The second kappa shape index (κ2) is 8.67. The highest BCUT2D eigenvalue weighted by atomic mass is 19.4. The third-order valence-corrected chi connectivity index (χ3v) is 5.10. The van der Waals surface area contributed by atoms with Gasteiger partial charge in [-0.25, -0.2) is 0 Å². The van der Waals surface area contributed by atoms with Gasteiger partial charge in [0.2, 0.25) is 0 Å². The van der Waals surface area contributed by atoms with Gasteiger partial charge in [0.25, 0.3) is 0 Å². The van der Waals surface area contributed by atoms with Gasteiger partial charge in [0.05, 0.1) is 24.3 Å². The molecule has 1 N–H and O–H groups in total. The lowest BCUT2D eigenvalue weighted by molar-refractivity contribution is -0.156. The van der Waals surface area contributed by atoms with E-state index in [9.17, 15) is 26.3 Å². The van der Waals surface area contributed by atoms with Crippen molar-refractivity contribution < 1.29 is 35.8 Å². The first-order valence-electron chi connectivity index (χ1n) is 9.23. The molecule has 2 aromatic carbocycles. The second-order valence-electron chi connectivity index (χ2n) is 7.13. The molecule has 0 spiro atoms. The summed E-state index contributed by atoms with van der Waals surface area (Å²) in [5, 5.41) is 11.3. The van der Waals surface area contributed by atoms with E-state index in [1.54, 1.807) is 24.3 Å². The van der Waals surface area contributed by atoms with E-state index >= 15 is 0 Å². The SMILES string of the molecule is COc1cccc(OCC2CC(c3ccc(C#N)c(C(F)(F)F)c3)C(C(F)(F)F)N2)c1. The second-order valence-corrected chi connectivity index (χ2v) is 7.13. The summed E-state index contributed by atoms with van der Waals surface area (Å²) in [6, 6.07) is 7.86. The van der Waals surface area contributed by atoms with Crippen molar-refractivity contribution in [1.82, 2.24) is 5.32 Å². The minimum atomic E-state index is -4.85. The van der Waals surface area contributed by atoms with E-state index in [2.05, 4.69) is 5.32 Å². The molecule has 0 saturated carbocycles. The summed E-state index contributed by atoms with van der Waals surface area (Å²) < 4.78 is 91.3. The molecule has 0 amide bonds. The molecule has 0 radical (unpaired) electrons. The molecule has 1 fully saturated rings. The molecule has 2 aromatic rings. The molecule has 1 saturated heterocycles. The number of rotatable bonds is 5. The third-order valence-electron chi connectivity index (χ3n) is 5.10. The Labute approximate surface area is 174 Å². The molecule has 3 rings (SSSR count). The van der Waals surface area contributed by atoms with E-state index in [0.29, 0.717) is 17.6 Å². The molecule has 0 bridgehead atoms. The average molecular weight is 444 g/mol. The van der Waals surface area contributed by atoms with Crippen molar-refractivity contribution in [3.05, 3.63) is 59.2 Å². The molecule has 4 nitrogen and oxygen atoms in total. The Hall–Kier alpha value is -2.93. The van der Waals surface area contributed by atoms with Crippen molar-refractivity contribution in [3.8, 4) is 17.6 Å². The van der Waals surface area contributed by atoms with Crippen LogP contribution in [0.1, 0.15) is 29.0 Å².